The number of ketones is 1. The molecule has 0 aromatic heterocycles. The van der Waals surface area contributed by atoms with Crippen LogP contribution in [0.2, 0.25) is 0 Å². The SMILES string of the molecule is CCC[C@H](O)[C@H]1C[C@@H](Cc2ccccc2)CCN1CCCNC(=O)Nc1cccc(C(C)=O)c1. The van der Waals surface area contributed by atoms with E-state index in [1.807, 2.05) is 0 Å². The maximum atomic E-state index is 12.3. The minimum Gasteiger partial charge on any atom is -0.391 e. The summed E-state index contributed by atoms with van der Waals surface area (Å²) in [4.78, 5) is 26.2. The third-order valence-corrected chi connectivity index (χ3v) is 6.70. The third-order valence-electron chi connectivity index (χ3n) is 6.70. The molecule has 34 heavy (non-hydrogen) atoms. The number of amides is 2. The van der Waals surface area contributed by atoms with Crippen LogP contribution in [0.25, 0.3) is 0 Å². The molecule has 1 fully saturated rings. The maximum Gasteiger partial charge on any atom is 0.319 e. The van der Waals surface area contributed by atoms with Crippen LogP contribution < -0.4 is 10.6 Å². The van der Waals surface area contributed by atoms with Crippen molar-refractivity contribution in [2.45, 2.75) is 64.5 Å². The molecule has 2 aromatic rings. The van der Waals surface area contributed by atoms with Gasteiger partial charge in [0.1, 0.15) is 0 Å². The minimum atomic E-state index is -0.312. The number of Topliss-reactive ketones (excluding diaryl/α,β-unsaturated/α-hetero) is 1. The van der Waals surface area contributed by atoms with Gasteiger partial charge in [0.05, 0.1) is 6.10 Å². The number of rotatable bonds is 11. The van der Waals surface area contributed by atoms with Crippen LogP contribution in [0.15, 0.2) is 54.6 Å². The number of hydrogen-bond donors (Lipinski definition) is 3. The Bertz CT molecular complexity index is 918. The van der Waals surface area contributed by atoms with Gasteiger partial charge in [-0.3, -0.25) is 9.69 Å². The van der Waals surface area contributed by atoms with Crippen molar-refractivity contribution >= 4 is 17.5 Å². The zero-order chi connectivity index (χ0) is 24.3. The molecule has 0 spiro atoms. The number of hydrogen-bond acceptors (Lipinski definition) is 4. The predicted molar refractivity (Wildman–Crippen MR) is 137 cm³/mol. The monoisotopic (exact) mass is 465 g/mol. The number of nitrogens with one attached hydrogen (secondary N) is 2. The first kappa shape index (κ1) is 25.9. The number of likely N-dealkylation sites (tertiary alicyclic amines) is 1. The zero-order valence-electron chi connectivity index (χ0n) is 20.5. The highest BCUT2D eigenvalue weighted by atomic mass is 16.3. The normalized spacial score (nSPS) is 19.4. The van der Waals surface area contributed by atoms with Crippen LogP contribution in [-0.2, 0) is 6.42 Å². The van der Waals surface area contributed by atoms with Crippen molar-refractivity contribution in [3.05, 3.63) is 65.7 Å². The van der Waals surface area contributed by atoms with E-state index in [4.69, 9.17) is 0 Å². The van der Waals surface area contributed by atoms with E-state index in [1.165, 1.54) is 12.5 Å². The third kappa shape index (κ3) is 7.96. The van der Waals surface area contributed by atoms with Crippen LogP contribution in [0, 0.1) is 5.92 Å². The fourth-order valence-electron chi connectivity index (χ4n) is 4.90. The molecule has 0 bridgehead atoms. The molecule has 6 heteroatoms. The Morgan fingerprint density at radius 2 is 1.94 bits per heavy atom. The number of urea groups is 1. The Hall–Kier alpha value is -2.70. The molecule has 3 rings (SSSR count). The van der Waals surface area contributed by atoms with Gasteiger partial charge in [0.25, 0.3) is 0 Å². The van der Waals surface area contributed by atoms with Gasteiger partial charge in [-0.15, -0.1) is 0 Å². The summed E-state index contributed by atoms with van der Waals surface area (Å²) in [5, 5.41) is 16.6. The molecule has 0 saturated carbocycles. The number of piperidine rings is 1. The largest absolute Gasteiger partial charge is 0.391 e. The smallest absolute Gasteiger partial charge is 0.319 e. The zero-order valence-corrected chi connectivity index (χ0v) is 20.5. The van der Waals surface area contributed by atoms with Gasteiger partial charge in [0.2, 0.25) is 0 Å². The molecule has 2 aromatic carbocycles. The maximum absolute atomic E-state index is 12.3. The molecule has 1 aliphatic rings. The lowest BCUT2D eigenvalue weighted by atomic mass is 9.83. The summed E-state index contributed by atoms with van der Waals surface area (Å²) in [5.41, 5.74) is 2.55. The van der Waals surface area contributed by atoms with Crippen LogP contribution in [0.5, 0.6) is 0 Å². The van der Waals surface area contributed by atoms with Crippen LogP contribution in [0.1, 0.15) is 61.9 Å². The molecule has 0 radical (unpaired) electrons. The summed E-state index contributed by atoms with van der Waals surface area (Å²) in [6, 6.07) is 17.5. The fourth-order valence-corrected chi connectivity index (χ4v) is 4.90. The molecular formula is C28H39N3O3. The van der Waals surface area contributed by atoms with Crippen molar-refractivity contribution in [3.63, 3.8) is 0 Å². The molecule has 3 N–H and O–H groups in total. The number of carbonyl (C=O) groups is 2. The lowest BCUT2D eigenvalue weighted by Gasteiger charge is -2.42. The number of aliphatic hydroxyl groups excluding tert-OH is 1. The quantitative estimate of drug-likeness (QED) is 0.326. The number of carbonyl (C=O) groups excluding carboxylic acids is 2. The van der Waals surface area contributed by atoms with E-state index in [2.05, 4.69) is 52.8 Å². The Morgan fingerprint density at radius 1 is 1.15 bits per heavy atom. The summed E-state index contributed by atoms with van der Waals surface area (Å²) < 4.78 is 0. The average Bonchev–Trinajstić information content (AvgIpc) is 2.83. The van der Waals surface area contributed by atoms with Crippen LogP contribution in [0.3, 0.4) is 0 Å². The van der Waals surface area contributed by atoms with Crippen LogP contribution in [0.4, 0.5) is 10.5 Å². The lowest BCUT2D eigenvalue weighted by Crippen LogP contribution is -2.50. The average molecular weight is 466 g/mol. The second-order valence-electron chi connectivity index (χ2n) is 9.41. The predicted octanol–water partition coefficient (Wildman–Crippen LogP) is 4.89. The molecule has 0 aliphatic carbocycles. The van der Waals surface area contributed by atoms with E-state index in [-0.39, 0.29) is 24.0 Å². The lowest BCUT2D eigenvalue weighted by molar-refractivity contribution is 0.00422. The van der Waals surface area contributed by atoms with Crippen LogP contribution >= 0.6 is 0 Å². The summed E-state index contributed by atoms with van der Waals surface area (Å²) in [7, 11) is 0. The molecule has 184 valence electrons. The molecule has 3 atom stereocenters. The Balaban J connectivity index is 1.46. The Labute approximate surface area is 203 Å². The second-order valence-corrected chi connectivity index (χ2v) is 9.41. The highest BCUT2D eigenvalue weighted by molar-refractivity contribution is 5.96. The number of nitrogens with zero attached hydrogens (tertiary/aromatic N) is 1. The topological polar surface area (TPSA) is 81.7 Å². The van der Waals surface area contributed by atoms with Crippen molar-refractivity contribution in [2.75, 3.05) is 25.0 Å². The minimum absolute atomic E-state index is 0.0311. The number of benzene rings is 2. The standard InChI is InChI=1S/C28H39N3O3/c1-3-9-27(33)26-19-23(18-22-10-5-4-6-11-22)14-17-31(26)16-8-15-29-28(34)30-25-13-7-12-24(20-25)21(2)32/h4-7,10-13,20,23,26-27,33H,3,8-9,14-19H2,1-2H3,(H2,29,30,34)/t23-,26-,27+/m1/s1. The molecule has 1 heterocycles. The summed E-state index contributed by atoms with van der Waals surface area (Å²) in [5.74, 6) is 0.557. The Morgan fingerprint density at radius 3 is 2.68 bits per heavy atom. The van der Waals surface area contributed by atoms with E-state index < -0.39 is 0 Å². The van der Waals surface area contributed by atoms with Gasteiger partial charge < -0.3 is 15.7 Å². The van der Waals surface area contributed by atoms with Gasteiger partial charge in [-0.05, 0) is 69.2 Å². The van der Waals surface area contributed by atoms with E-state index in [0.29, 0.717) is 23.7 Å². The van der Waals surface area contributed by atoms with Gasteiger partial charge >= 0.3 is 6.03 Å². The highest BCUT2D eigenvalue weighted by Crippen LogP contribution is 2.29. The molecular weight excluding hydrogens is 426 g/mol. The fraction of sp³-hybridized carbons (Fsp3) is 0.500. The van der Waals surface area contributed by atoms with Crippen molar-refractivity contribution < 1.29 is 14.7 Å². The summed E-state index contributed by atoms with van der Waals surface area (Å²) in [6.07, 6.45) is 5.51. The van der Waals surface area contributed by atoms with Gasteiger partial charge in [-0.1, -0.05) is 55.8 Å². The van der Waals surface area contributed by atoms with E-state index in [1.54, 1.807) is 24.3 Å². The number of aliphatic hydroxyl groups is 1. The van der Waals surface area contributed by atoms with Crippen molar-refractivity contribution in [1.82, 2.24) is 10.2 Å². The molecule has 1 saturated heterocycles. The van der Waals surface area contributed by atoms with Gasteiger partial charge in [-0.2, -0.15) is 0 Å². The van der Waals surface area contributed by atoms with E-state index >= 15 is 0 Å². The van der Waals surface area contributed by atoms with E-state index in [0.717, 1.165) is 51.6 Å². The molecule has 1 aliphatic heterocycles. The first-order valence-electron chi connectivity index (χ1n) is 12.6. The first-order chi connectivity index (χ1) is 16.5. The van der Waals surface area contributed by atoms with Crippen molar-refractivity contribution in [1.29, 1.82) is 0 Å². The van der Waals surface area contributed by atoms with Crippen molar-refractivity contribution in [2.24, 2.45) is 5.92 Å². The van der Waals surface area contributed by atoms with Crippen LogP contribution in [-0.4, -0.2) is 53.6 Å². The summed E-state index contributed by atoms with van der Waals surface area (Å²) in [6.45, 7) is 6.01. The first-order valence-corrected chi connectivity index (χ1v) is 12.6. The number of anilines is 1. The summed E-state index contributed by atoms with van der Waals surface area (Å²) >= 11 is 0. The van der Waals surface area contributed by atoms with E-state index in [9.17, 15) is 14.7 Å². The second kappa shape index (κ2) is 13.3. The van der Waals surface area contributed by atoms with Gasteiger partial charge in [0, 0.05) is 30.4 Å². The molecule has 2 amide bonds. The van der Waals surface area contributed by atoms with Gasteiger partial charge in [0.15, 0.2) is 5.78 Å². The van der Waals surface area contributed by atoms with Gasteiger partial charge in [-0.25, -0.2) is 4.79 Å². The molecule has 0 unspecified atom stereocenters. The molecule has 6 nitrogen and oxygen atoms in total. The Kier molecular flexibility index (Phi) is 10.1. The highest BCUT2D eigenvalue weighted by Gasteiger charge is 2.32. The van der Waals surface area contributed by atoms with Crippen molar-refractivity contribution in [3.8, 4) is 0 Å².